The Bertz CT molecular complexity index is 660. The first-order valence-corrected chi connectivity index (χ1v) is 11.4. The summed E-state index contributed by atoms with van der Waals surface area (Å²) in [6, 6.07) is 8.81. The molecule has 1 fully saturated rings. The van der Waals surface area contributed by atoms with E-state index in [4.69, 9.17) is 4.99 Å². The van der Waals surface area contributed by atoms with Crippen LogP contribution in [0.25, 0.3) is 0 Å². The second-order valence-corrected chi connectivity index (χ2v) is 8.30. The largest absolute Gasteiger partial charge is 0.393 e. The highest BCUT2D eigenvalue weighted by molar-refractivity contribution is 5.79. The van der Waals surface area contributed by atoms with E-state index in [2.05, 4.69) is 52.8 Å². The van der Waals surface area contributed by atoms with Crippen LogP contribution in [0.5, 0.6) is 0 Å². The first-order chi connectivity index (χ1) is 14.2. The number of rotatable bonds is 8. The van der Waals surface area contributed by atoms with Crippen molar-refractivity contribution >= 4 is 5.96 Å². The van der Waals surface area contributed by atoms with E-state index in [1.807, 2.05) is 0 Å². The third-order valence-corrected chi connectivity index (χ3v) is 5.87. The Labute approximate surface area is 176 Å². The van der Waals surface area contributed by atoms with Gasteiger partial charge in [0.25, 0.3) is 0 Å². The number of benzene rings is 1. The molecule has 0 unspecified atom stereocenters. The third kappa shape index (κ3) is 7.82. The highest BCUT2D eigenvalue weighted by atomic mass is 16.3. The lowest BCUT2D eigenvalue weighted by Crippen LogP contribution is -2.37. The molecular formula is C24H38N4O. The Kier molecular flexibility index (Phi) is 9.03. The zero-order chi connectivity index (χ0) is 20.3. The smallest absolute Gasteiger partial charge is 0.191 e. The standard InChI is InChI=1S/C24H38N4O/c1-2-25-24(26-15-12-20-6-4-3-5-7-20)27-18-21-8-10-22(11-9-21)19-28-16-13-23(29)14-17-28/h6,8-11,23,29H,2-5,7,12-19H2,1H3,(H2,25,26,27). The molecule has 0 radical (unpaired) electrons. The Morgan fingerprint density at radius 3 is 2.55 bits per heavy atom. The molecule has 0 bridgehead atoms. The van der Waals surface area contributed by atoms with Gasteiger partial charge in [-0.1, -0.05) is 35.9 Å². The molecule has 1 aromatic carbocycles. The fraction of sp³-hybridized carbons (Fsp3) is 0.625. The van der Waals surface area contributed by atoms with Crippen LogP contribution in [0.2, 0.25) is 0 Å². The summed E-state index contributed by atoms with van der Waals surface area (Å²) in [4.78, 5) is 7.18. The Morgan fingerprint density at radius 1 is 1.10 bits per heavy atom. The Balaban J connectivity index is 1.45. The number of hydrogen-bond acceptors (Lipinski definition) is 3. The molecule has 3 rings (SSSR count). The van der Waals surface area contributed by atoms with Crippen molar-refractivity contribution in [2.24, 2.45) is 4.99 Å². The van der Waals surface area contributed by atoms with Crippen LogP contribution in [0.1, 0.15) is 63.0 Å². The van der Waals surface area contributed by atoms with Gasteiger partial charge in [0.1, 0.15) is 0 Å². The Morgan fingerprint density at radius 2 is 1.86 bits per heavy atom. The van der Waals surface area contributed by atoms with Gasteiger partial charge >= 0.3 is 0 Å². The molecule has 1 heterocycles. The summed E-state index contributed by atoms with van der Waals surface area (Å²) in [5.74, 6) is 0.903. The minimum Gasteiger partial charge on any atom is -0.393 e. The van der Waals surface area contributed by atoms with Crippen molar-refractivity contribution in [3.63, 3.8) is 0 Å². The molecule has 0 spiro atoms. The summed E-state index contributed by atoms with van der Waals surface area (Å²) < 4.78 is 0. The van der Waals surface area contributed by atoms with Crippen molar-refractivity contribution in [3.8, 4) is 0 Å². The van der Waals surface area contributed by atoms with Crippen molar-refractivity contribution in [3.05, 3.63) is 47.0 Å². The molecule has 1 aliphatic heterocycles. The second kappa shape index (κ2) is 12.0. The predicted octanol–water partition coefficient (Wildman–Crippen LogP) is 3.59. The molecule has 1 aromatic rings. The SMILES string of the molecule is CCNC(=NCc1ccc(CN2CCC(O)CC2)cc1)NCCC1=CCCCC1. The zero-order valence-electron chi connectivity index (χ0n) is 18.0. The zero-order valence-corrected chi connectivity index (χ0v) is 18.0. The van der Waals surface area contributed by atoms with Crippen LogP contribution in [0.15, 0.2) is 40.9 Å². The maximum atomic E-state index is 9.64. The van der Waals surface area contributed by atoms with Crippen LogP contribution in [0, 0.1) is 0 Å². The number of allylic oxidation sites excluding steroid dienone is 1. The van der Waals surface area contributed by atoms with Gasteiger partial charge in [-0.2, -0.15) is 0 Å². The summed E-state index contributed by atoms with van der Waals surface area (Å²) in [6.07, 6.45) is 10.4. The number of aliphatic imine (C=N–C) groups is 1. The molecule has 0 atom stereocenters. The molecule has 5 heteroatoms. The van der Waals surface area contributed by atoms with Crippen LogP contribution in [0.3, 0.4) is 0 Å². The van der Waals surface area contributed by atoms with Crippen LogP contribution in [0.4, 0.5) is 0 Å². The molecule has 0 saturated carbocycles. The number of aliphatic hydroxyl groups is 1. The lowest BCUT2D eigenvalue weighted by Gasteiger charge is -2.29. The lowest BCUT2D eigenvalue weighted by molar-refractivity contribution is 0.0792. The van der Waals surface area contributed by atoms with E-state index >= 15 is 0 Å². The monoisotopic (exact) mass is 398 g/mol. The number of aliphatic hydroxyl groups excluding tert-OH is 1. The minimum absolute atomic E-state index is 0.106. The topological polar surface area (TPSA) is 59.9 Å². The van der Waals surface area contributed by atoms with Gasteiger partial charge in [0.05, 0.1) is 12.6 Å². The summed E-state index contributed by atoms with van der Waals surface area (Å²) in [7, 11) is 0. The summed E-state index contributed by atoms with van der Waals surface area (Å²) in [5.41, 5.74) is 4.16. The molecule has 1 saturated heterocycles. The molecular weight excluding hydrogens is 360 g/mol. The van der Waals surface area contributed by atoms with Gasteiger partial charge in [-0.25, -0.2) is 4.99 Å². The quantitative estimate of drug-likeness (QED) is 0.356. The maximum absolute atomic E-state index is 9.64. The molecule has 0 amide bonds. The van der Waals surface area contributed by atoms with Gasteiger partial charge < -0.3 is 15.7 Å². The van der Waals surface area contributed by atoms with Crippen molar-refractivity contribution < 1.29 is 5.11 Å². The fourth-order valence-corrected chi connectivity index (χ4v) is 4.07. The van der Waals surface area contributed by atoms with E-state index < -0.39 is 0 Å². The number of guanidine groups is 1. The van der Waals surface area contributed by atoms with E-state index in [9.17, 15) is 5.11 Å². The highest BCUT2D eigenvalue weighted by Gasteiger charge is 2.16. The van der Waals surface area contributed by atoms with E-state index in [1.165, 1.54) is 36.8 Å². The van der Waals surface area contributed by atoms with Gasteiger partial charge in [0.15, 0.2) is 5.96 Å². The van der Waals surface area contributed by atoms with Gasteiger partial charge in [-0.3, -0.25) is 4.90 Å². The van der Waals surface area contributed by atoms with Crippen LogP contribution in [-0.4, -0.2) is 48.2 Å². The summed E-state index contributed by atoms with van der Waals surface area (Å²) in [6.45, 7) is 7.56. The molecule has 160 valence electrons. The molecule has 3 N–H and O–H groups in total. The number of likely N-dealkylation sites (tertiary alicyclic amines) is 1. The normalized spacial score (nSPS) is 19.1. The first kappa shape index (κ1) is 21.8. The predicted molar refractivity (Wildman–Crippen MR) is 121 cm³/mol. The van der Waals surface area contributed by atoms with Gasteiger partial charge in [-0.05, 0) is 63.0 Å². The van der Waals surface area contributed by atoms with Gasteiger partial charge in [-0.15, -0.1) is 0 Å². The third-order valence-electron chi connectivity index (χ3n) is 5.87. The van der Waals surface area contributed by atoms with E-state index in [0.29, 0.717) is 6.54 Å². The lowest BCUT2D eigenvalue weighted by atomic mass is 9.97. The number of nitrogens with zero attached hydrogens (tertiary/aromatic N) is 2. The highest BCUT2D eigenvalue weighted by Crippen LogP contribution is 2.19. The van der Waals surface area contributed by atoms with Crippen molar-refractivity contribution in [1.29, 1.82) is 0 Å². The fourth-order valence-electron chi connectivity index (χ4n) is 4.07. The van der Waals surface area contributed by atoms with E-state index in [-0.39, 0.29) is 6.10 Å². The van der Waals surface area contributed by atoms with E-state index in [0.717, 1.165) is 57.9 Å². The summed E-state index contributed by atoms with van der Waals surface area (Å²) >= 11 is 0. The maximum Gasteiger partial charge on any atom is 0.191 e. The Hall–Kier alpha value is -1.85. The van der Waals surface area contributed by atoms with Crippen LogP contribution >= 0.6 is 0 Å². The molecule has 1 aliphatic carbocycles. The van der Waals surface area contributed by atoms with E-state index in [1.54, 1.807) is 5.57 Å². The number of hydrogen-bond donors (Lipinski definition) is 3. The summed E-state index contributed by atoms with van der Waals surface area (Å²) in [5, 5.41) is 16.5. The van der Waals surface area contributed by atoms with Crippen LogP contribution in [-0.2, 0) is 13.1 Å². The molecule has 29 heavy (non-hydrogen) atoms. The van der Waals surface area contributed by atoms with Crippen LogP contribution < -0.4 is 10.6 Å². The average Bonchev–Trinajstić information content (AvgIpc) is 2.75. The molecule has 0 aromatic heterocycles. The van der Waals surface area contributed by atoms with Crippen molar-refractivity contribution in [2.75, 3.05) is 26.2 Å². The number of piperidine rings is 1. The van der Waals surface area contributed by atoms with Crippen molar-refractivity contribution in [1.82, 2.24) is 15.5 Å². The van der Waals surface area contributed by atoms with Crippen molar-refractivity contribution in [2.45, 2.75) is 71.1 Å². The van der Waals surface area contributed by atoms with Gasteiger partial charge in [0.2, 0.25) is 0 Å². The second-order valence-electron chi connectivity index (χ2n) is 8.30. The molecule has 5 nitrogen and oxygen atoms in total. The first-order valence-electron chi connectivity index (χ1n) is 11.4. The number of nitrogens with one attached hydrogen (secondary N) is 2. The average molecular weight is 399 g/mol. The van der Waals surface area contributed by atoms with Gasteiger partial charge in [0, 0.05) is 32.7 Å². The molecule has 2 aliphatic rings. The minimum atomic E-state index is -0.106.